The predicted molar refractivity (Wildman–Crippen MR) is 85.8 cm³/mol. The number of amides is 1. The third-order valence-electron chi connectivity index (χ3n) is 3.16. The van der Waals surface area contributed by atoms with Crippen molar-refractivity contribution < 1.29 is 14.5 Å². The van der Waals surface area contributed by atoms with Crippen molar-refractivity contribution in [2.24, 2.45) is 5.10 Å². The fraction of sp³-hybridized carbons (Fsp3) is 0.125. The van der Waals surface area contributed by atoms with Gasteiger partial charge in [0.2, 0.25) is 0 Å². The second kappa shape index (κ2) is 7.17. The molecule has 2 rings (SSSR count). The third-order valence-corrected chi connectivity index (χ3v) is 3.16. The van der Waals surface area contributed by atoms with Crippen molar-refractivity contribution in [1.29, 1.82) is 0 Å². The molecular weight excluding hydrogens is 298 g/mol. The molecule has 7 nitrogen and oxygen atoms in total. The Morgan fingerprint density at radius 1 is 1.22 bits per heavy atom. The van der Waals surface area contributed by atoms with E-state index in [1.165, 1.54) is 18.2 Å². The molecule has 23 heavy (non-hydrogen) atoms. The van der Waals surface area contributed by atoms with Crippen LogP contribution in [-0.2, 0) is 0 Å². The van der Waals surface area contributed by atoms with Crippen LogP contribution in [0.1, 0.15) is 22.8 Å². The van der Waals surface area contributed by atoms with Crippen molar-refractivity contribution >= 4 is 17.3 Å². The fourth-order valence-electron chi connectivity index (χ4n) is 1.93. The first-order valence-corrected chi connectivity index (χ1v) is 6.75. The van der Waals surface area contributed by atoms with E-state index >= 15 is 0 Å². The molecule has 0 aliphatic heterocycles. The van der Waals surface area contributed by atoms with E-state index in [0.29, 0.717) is 11.5 Å². The molecular formula is C16H15N3O4. The molecule has 1 amide bonds. The highest BCUT2D eigenvalue weighted by Crippen LogP contribution is 2.17. The lowest BCUT2D eigenvalue weighted by atomic mass is 10.1. The number of nitro groups is 1. The molecule has 0 radical (unpaired) electrons. The number of nitro benzene ring substituents is 1. The molecule has 7 heteroatoms. The van der Waals surface area contributed by atoms with E-state index in [1.807, 2.05) is 6.07 Å². The van der Waals surface area contributed by atoms with Gasteiger partial charge >= 0.3 is 0 Å². The highest BCUT2D eigenvalue weighted by Gasteiger charge is 2.18. The zero-order chi connectivity index (χ0) is 16.8. The summed E-state index contributed by atoms with van der Waals surface area (Å²) < 4.78 is 5.12. The van der Waals surface area contributed by atoms with Gasteiger partial charge in [-0.05, 0) is 25.1 Å². The predicted octanol–water partition coefficient (Wildman–Crippen LogP) is 2.76. The van der Waals surface area contributed by atoms with Crippen molar-refractivity contribution in [1.82, 2.24) is 5.43 Å². The smallest absolute Gasteiger partial charge is 0.282 e. The molecule has 0 bridgehead atoms. The Hall–Kier alpha value is -3.22. The van der Waals surface area contributed by atoms with Crippen LogP contribution in [0, 0.1) is 10.1 Å². The largest absolute Gasteiger partial charge is 0.497 e. The van der Waals surface area contributed by atoms with Gasteiger partial charge in [0.25, 0.3) is 11.6 Å². The summed E-state index contributed by atoms with van der Waals surface area (Å²) in [6.07, 6.45) is 0. The molecule has 0 aliphatic carbocycles. The summed E-state index contributed by atoms with van der Waals surface area (Å²) >= 11 is 0. The minimum Gasteiger partial charge on any atom is -0.497 e. The first-order chi connectivity index (χ1) is 11.0. The van der Waals surface area contributed by atoms with Gasteiger partial charge in [-0.25, -0.2) is 5.43 Å². The highest BCUT2D eigenvalue weighted by molar-refractivity contribution is 6.02. The SMILES string of the molecule is COc1cccc(/C(C)=N/NC(=O)c2ccccc2[N+](=O)[O-])c1. The number of ether oxygens (including phenoxy) is 1. The number of carbonyl (C=O) groups is 1. The Kier molecular flexibility index (Phi) is 5.03. The number of rotatable bonds is 5. The van der Waals surface area contributed by atoms with Crippen LogP contribution >= 0.6 is 0 Å². The molecule has 0 heterocycles. The summed E-state index contributed by atoms with van der Waals surface area (Å²) in [4.78, 5) is 22.4. The van der Waals surface area contributed by atoms with Gasteiger partial charge in [0, 0.05) is 11.6 Å². The maximum absolute atomic E-state index is 12.1. The van der Waals surface area contributed by atoms with Crippen LogP contribution in [0.15, 0.2) is 53.6 Å². The lowest BCUT2D eigenvalue weighted by molar-refractivity contribution is -0.385. The Balaban J connectivity index is 2.19. The van der Waals surface area contributed by atoms with Gasteiger partial charge in [-0.15, -0.1) is 0 Å². The lowest BCUT2D eigenvalue weighted by Crippen LogP contribution is -2.20. The number of hydrogen-bond acceptors (Lipinski definition) is 5. The third kappa shape index (κ3) is 3.91. The summed E-state index contributed by atoms with van der Waals surface area (Å²) in [6.45, 7) is 1.72. The first kappa shape index (κ1) is 16.2. The van der Waals surface area contributed by atoms with E-state index in [4.69, 9.17) is 4.74 Å². The summed E-state index contributed by atoms with van der Waals surface area (Å²) in [7, 11) is 1.56. The number of carbonyl (C=O) groups excluding carboxylic acids is 1. The first-order valence-electron chi connectivity index (χ1n) is 6.75. The van der Waals surface area contributed by atoms with Crippen LogP contribution in [0.5, 0.6) is 5.75 Å². The molecule has 2 aromatic carbocycles. The summed E-state index contributed by atoms with van der Waals surface area (Å²) in [6, 6.07) is 12.9. The zero-order valence-corrected chi connectivity index (χ0v) is 12.6. The number of hydrazone groups is 1. The van der Waals surface area contributed by atoms with Gasteiger partial charge in [-0.2, -0.15) is 5.10 Å². The number of para-hydroxylation sites is 1. The van der Waals surface area contributed by atoms with Crippen molar-refractivity contribution in [2.45, 2.75) is 6.92 Å². The van der Waals surface area contributed by atoms with E-state index in [-0.39, 0.29) is 11.3 Å². The summed E-state index contributed by atoms with van der Waals surface area (Å²) in [5.74, 6) is 0.0293. The van der Waals surface area contributed by atoms with Gasteiger partial charge in [0.15, 0.2) is 0 Å². The average molecular weight is 313 g/mol. The second-order valence-electron chi connectivity index (χ2n) is 4.64. The van der Waals surface area contributed by atoms with Gasteiger partial charge in [-0.3, -0.25) is 14.9 Å². The monoisotopic (exact) mass is 313 g/mol. The molecule has 1 N–H and O–H groups in total. The van der Waals surface area contributed by atoms with Crippen molar-refractivity contribution in [3.63, 3.8) is 0 Å². The van der Waals surface area contributed by atoms with E-state index in [1.54, 1.807) is 38.3 Å². The molecule has 2 aromatic rings. The summed E-state index contributed by atoms with van der Waals surface area (Å²) in [5, 5.41) is 14.9. The molecule has 0 aliphatic rings. The van der Waals surface area contributed by atoms with Crippen LogP contribution in [0.3, 0.4) is 0 Å². The Bertz CT molecular complexity index is 771. The minimum atomic E-state index is -0.639. The molecule has 0 aromatic heterocycles. The number of nitrogens with one attached hydrogen (secondary N) is 1. The van der Waals surface area contributed by atoms with Crippen LogP contribution in [0.25, 0.3) is 0 Å². The topological polar surface area (TPSA) is 93.8 Å². The molecule has 0 saturated carbocycles. The Morgan fingerprint density at radius 2 is 1.96 bits per heavy atom. The van der Waals surface area contributed by atoms with E-state index in [9.17, 15) is 14.9 Å². The standard InChI is InChI=1S/C16H15N3O4/c1-11(12-6-5-7-13(10-12)23-2)17-18-16(20)14-8-3-4-9-15(14)19(21)22/h3-10H,1-2H3,(H,18,20)/b17-11+. The quantitative estimate of drug-likeness (QED) is 0.521. The van der Waals surface area contributed by atoms with Crippen LogP contribution in [0.4, 0.5) is 5.69 Å². The number of nitrogens with zero attached hydrogens (tertiary/aromatic N) is 2. The number of methoxy groups -OCH3 is 1. The minimum absolute atomic E-state index is 0.0420. The van der Waals surface area contributed by atoms with E-state index < -0.39 is 10.8 Å². The maximum atomic E-state index is 12.1. The van der Waals surface area contributed by atoms with Crippen molar-refractivity contribution in [3.8, 4) is 5.75 Å². The summed E-state index contributed by atoms with van der Waals surface area (Å²) in [5.41, 5.74) is 3.35. The van der Waals surface area contributed by atoms with E-state index in [0.717, 1.165) is 5.56 Å². The van der Waals surface area contributed by atoms with Crippen LogP contribution in [0.2, 0.25) is 0 Å². The van der Waals surface area contributed by atoms with Gasteiger partial charge in [0.05, 0.1) is 17.7 Å². The molecule has 0 spiro atoms. The zero-order valence-electron chi connectivity index (χ0n) is 12.6. The van der Waals surface area contributed by atoms with Crippen molar-refractivity contribution in [3.05, 3.63) is 69.8 Å². The van der Waals surface area contributed by atoms with Crippen LogP contribution < -0.4 is 10.2 Å². The highest BCUT2D eigenvalue weighted by atomic mass is 16.6. The lowest BCUT2D eigenvalue weighted by Gasteiger charge is -2.05. The average Bonchev–Trinajstić information content (AvgIpc) is 2.59. The molecule has 0 saturated heterocycles. The molecule has 0 fully saturated rings. The molecule has 0 unspecified atom stereocenters. The Labute approximate surface area is 132 Å². The maximum Gasteiger partial charge on any atom is 0.282 e. The van der Waals surface area contributed by atoms with Crippen molar-refractivity contribution in [2.75, 3.05) is 7.11 Å². The van der Waals surface area contributed by atoms with Gasteiger partial charge in [-0.1, -0.05) is 24.3 Å². The van der Waals surface area contributed by atoms with Gasteiger partial charge in [0.1, 0.15) is 11.3 Å². The van der Waals surface area contributed by atoms with Gasteiger partial charge < -0.3 is 4.74 Å². The van der Waals surface area contributed by atoms with E-state index in [2.05, 4.69) is 10.5 Å². The second-order valence-corrected chi connectivity index (χ2v) is 4.64. The van der Waals surface area contributed by atoms with Crippen LogP contribution in [-0.4, -0.2) is 23.7 Å². The Morgan fingerprint density at radius 3 is 2.65 bits per heavy atom. The normalized spacial score (nSPS) is 11.0. The molecule has 118 valence electrons. The number of benzene rings is 2. The number of hydrogen-bond donors (Lipinski definition) is 1. The fourth-order valence-corrected chi connectivity index (χ4v) is 1.93. The molecule has 0 atom stereocenters.